The van der Waals surface area contributed by atoms with E-state index in [2.05, 4.69) is 29.4 Å². The highest BCUT2D eigenvalue weighted by atomic mass is 32.1. The number of piperidine rings is 1. The Morgan fingerprint density at radius 2 is 2.09 bits per heavy atom. The number of amides is 1. The van der Waals surface area contributed by atoms with Crippen LogP contribution < -0.4 is 16.0 Å². The molecule has 22 heavy (non-hydrogen) atoms. The first-order valence-electron chi connectivity index (χ1n) is 7.02. The van der Waals surface area contributed by atoms with Crippen LogP contribution in [0.15, 0.2) is 18.2 Å². The quantitative estimate of drug-likeness (QED) is 0.500. The van der Waals surface area contributed by atoms with Crippen molar-refractivity contribution in [2.45, 2.75) is 19.8 Å². The molecular weight excluding hydrogens is 304 g/mol. The molecule has 8 heteroatoms. The number of nitrogens with one attached hydrogen (secondary N) is 1. The van der Waals surface area contributed by atoms with Crippen LogP contribution in [-0.4, -0.2) is 29.0 Å². The number of non-ortho nitro benzene ring substituents is 1. The van der Waals surface area contributed by atoms with Gasteiger partial charge in [0.25, 0.3) is 11.6 Å². The number of nitro benzene ring substituents is 1. The van der Waals surface area contributed by atoms with E-state index in [-0.39, 0.29) is 16.4 Å². The van der Waals surface area contributed by atoms with Crippen molar-refractivity contribution in [3.05, 3.63) is 33.9 Å². The molecule has 3 N–H and O–H groups in total. The second kappa shape index (κ2) is 6.69. The number of carbonyl (C=O) groups excluding carboxylic acids is 1. The molecule has 1 aromatic rings. The molecule has 1 amide bonds. The van der Waals surface area contributed by atoms with Crippen LogP contribution in [-0.2, 0) is 0 Å². The maximum absolute atomic E-state index is 12.2. The molecular formula is C14H18N4O3S. The van der Waals surface area contributed by atoms with Crippen LogP contribution in [0.25, 0.3) is 0 Å². The summed E-state index contributed by atoms with van der Waals surface area (Å²) in [6.45, 7) is 3.81. The van der Waals surface area contributed by atoms with Crippen LogP contribution in [0.4, 0.5) is 11.4 Å². The van der Waals surface area contributed by atoms with Crippen molar-refractivity contribution in [3.8, 4) is 0 Å². The lowest BCUT2D eigenvalue weighted by atomic mass is 9.98. The van der Waals surface area contributed by atoms with Gasteiger partial charge in [0.1, 0.15) is 0 Å². The molecule has 0 radical (unpaired) electrons. The number of benzene rings is 1. The maximum Gasteiger partial charge on any atom is 0.270 e. The zero-order chi connectivity index (χ0) is 16.3. The topological polar surface area (TPSA) is 101 Å². The van der Waals surface area contributed by atoms with Gasteiger partial charge >= 0.3 is 0 Å². The molecule has 0 aliphatic carbocycles. The van der Waals surface area contributed by atoms with Gasteiger partial charge in [-0.1, -0.05) is 6.92 Å². The van der Waals surface area contributed by atoms with Crippen LogP contribution in [0.5, 0.6) is 0 Å². The number of nitrogens with zero attached hydrogens (tertiary/aromatic N) is 2. The van der Waals surface area contributed by atoms with Crippen LogP contribution in [0, 0.1) is 16.0 Å². The van der Waals surface area contributed by atoms with Crippen molar-refractivity contribution in [2.24, 2.45) is 11.7 Å². The SMILES string of the molecule is CC1CCN(c2ccc([N+](=O)[O-])cc2C(=O)NC(N)=S)CC1. The van der Waals surface area contributed by atoms with Gasteiger partial charge in [-0.05, 0) is 37.0 Å². The fourth-order valence-electron chi connectivity index (χ4n) is 2.52. The molecule has 2 rings (SSSR count). The van der Waals surface area contributed by atoms with E-state index >= 15 is 0 Å². The minimum absolute atomic E-state index is 0.137. The van der Waals surface area contributed by atoms with Gasteiger partial charge in [-0.25, -0.2) is 0 Å². The van der Waals surface area contributed by atoms with Crippen molar-refractivity contribution in [2.75, 3.05) is 18.0 Å². The fourth-order valence-corrected chi connectivity index (χ4v) is 2.62. The highest BCUT2D eigenvalue weighted by Gasteiger charge is 2.23. The van der Waals surface area contributed by atoms with Gasteiger partial charge in [-0.3, -0.25) is 20.2 Å². The molecule has 118 valence electrons. The number of anilines is 1. The molecule has 0 aromatic heterocycles. The first-order valence-corrected chi connectivity index (χ1v) is 7.43. The Labute approximate surface area is 133 Å². The minimum atomic E-state index is -0.528. The standard InChI is InChI=1S/C14H18N4O3S/c1-9-4-6-17(7-5-9)12-3-2-10(18(20)21)8-11(12)13(19)16-14(15)22/h2-3,8-9H,4-7H2,1H3,(H3,15,16,19,22). The van der Waals surface area contributed by atoms with E-state index in [1.165, 1.54) is 12.1 Å². The fraction of sp³-hybridized carbons (Fsp3) is 0.429. The Kier molecular flexibility index (Phi) is 4.92. The Balaban J connectivity index is 2.37. The summed E-state index contributed by atoms with van der Waals surface area (Å²) in [6.07, 6.45) is 2.04. The summed E-state index contributed by atoms with van der Waals surface area (Å²) in [5.74, 6) is 0.119. The number of hydrogen-bond acceptors (Lipinski definition) is 5. The predicted octanol–water partition coefficient (Wildman–Crippen LogP) is 1.80. The maximum atomic E-state index is 12.2. The number of nitrogens with two attached hydrogens (primary N) is 1. The largest absolute Gasteiger partial charge is 0.376 e. The average Bonchev–Trinajstić information content (AvgIpc) is 2.46. The smallest absolute Gasteiger partial charge is 0.270 e. The monoisotopic (exact) mass is 322 g/mol. The van der Waals surface area contributed by atoms with Gasteiger partial charge in [0.05, 0.1) is 16.2 Å². The van der Waals surface area contributed by atoms with Crippen molar-refractivity contribution >= 4 is 34.6 Å². The first kappa shape index (κ1) is 16.2. The van der Waals surface area contributed by atoms with Gasteiger partial charge in [0.15, 0.2) is 5.11 Å². The Morgan fingerprint density at radius 3 is 2.64 bits per heavy atom. The Morgan fingerprint density at radius 1 is 1.45 bits per heavy atom. The number of hydrogen-bond donors (Lipinski definition) is 2. The lowest BCUT2D eigenvalue weighted by Crippen LogP contribution is -2.38. The van der Waals surface area contributed by atoms with Crippen molar-refractivity contribution in [1.82, 2.24) is 5.32 Å². The molecule has 0 unspecified atom stereocenters. The van der Waals surface area contributed by atoms with Crippen LogP contribution in [0.2, 0.25) is 0 Å². The van der Waals surface area contributed by atoms with E-state index in [0.717, 1.165) is 25.9 Å². The second-order valence-corrected chi connectivity index (χ2v) is 5.89. The first-order chi connectivity index (χ1) is 10.4. The van der Waals surface area contributed by atoms with Crippen molar-refractivity contribution in [1.29, 1.82) is 0 Å². The number of rotatable bonds is 3. The van der Waals surface area contributed by atoms with Crippen LogP contribution in [0.1, 0.15) is 30.1 Å². The molecule has 1 aliphatic rings. The summed E-state index contributed by atoms with van der Waals surface area (Å²) in [5.41, 5.74) is 6.08. The van der Waals surface area contributed by atoms with Crippen LogP contribution in [0.3, 0.4) is 0 Å². The van der Waals surface area contributed by atoms with E-state index in [4.69, 9.17) is 5.73 Å². The average molecular weight is 322 g/mol. The minimum Gasteiger partial charge on any atom is -0.376 e. The van der Waals surface area contributed by atoms with Crippen LogP contribution >= 0.6 is 12.2 Å². The molecule has 1 aliphatic heterocycles. The summed E-state index contributed by atoms with van der Waals surface area (Å²) in [5, 5.41) is 13.1. The third kappa shape index (κ3) is 3.70. The summed E-state index contributed by atoms with van der Waals surface area (Å²) < 4.78 is 0. The van der Waals surface area contributed by atoms with Gasteiger partial charge in [0, 0.05) is 25.2 Å². The van der Waals surface area contributed by atoms with Gasteiger partial charge in [-0.15, -0.1) is 0 Å². The van der Waals surface area contributed by atoms with Gasteiger partial charge in [0.2, 0.25) is 0 Å². The van der Waals surface area contributed by atoms with E-state index < -0.39 is 10.8 Å². The predicted molar refractivity (Wildman–Crippen MR) is 88.0 cm³/mol. The molecule has 1 heterocycles. The van der Waals surface area contributed by atoms with E-state index in [9.17, 15) is 14.9 Å². The lowest BCUT2D eigenvalue weighted by Gasteiger charge is -2.33. The third-order valence-electron chi connectivity index (χ3n) is 3.80. The van der Waals surface area contributed by atoms with Crippen molar-refractivity contribution < 1.29 is 9.72 Å². The summed E-state index contributed by atoms with van der Waals surface area (Å²) >= 11 is 4.67. The van der Waals surface area contributed by atoms with E-state index in [1.54, 1.807) is 6.07 Å². The molecule has 1 saturated heterocycles. The zero-order valence-corrected chi connectivity index (χ0v) is 13.1. The molecule has 1 aromatic carbocycles. The lowest BCUT2D eigenvalue weighted by molar-refractivity contribution is -0.384. The van der Waals surface area contributed by atoms with Gasteiger partial charge < -0.3 is 10.6 Å². The number of thiocarbonyl (C=S) groups is 1. The Bertz CT molecular complexity index is 612. The normalized spacial score (nSPS) is 15.4. The van der Waals surface area contributed by atoms with E-state index in [0.29, 0.717) is 11.6 Å². The molecule has 0 bridgehead atoms. The van der Waals surface area contributed by atoms with Gasteiger partial charge in [-0.2, -0.15) is 0 Å². The molecule has 0 atom stereocenters. The summed E-state index contributed by atoms with van der Waals surface area (Å²) in [7, 11) is 0. The number of carbonyl (C=O) groups is 1. The third-order valence-corrected chi connectivity index (χ3v) is 3.90. The Hall–Kier alpha value is -2.22. The highest BCUT2D eigenvalue weighted by Crippen LogP contribution is 2.29. The molecule has 7 nitrogen and oxygen atoms in total. The molecule has 0 spiro atoms. The zero-order valence-electron chi connectivity index (χ0n) is 12.2. The number of nitro groups is 1. The summed E-state index contributed by atoms with van der Waals surface area (Å²) in [4.78, 5) is 24.7. The molecule has 0 saturated carbocycles. The second-order valence-electron chi connectivity index (χ2n) is 5.45. The highest BCUT2D eigenvalue weighted by molar-refractivity contribution is 7.80. The van der Waals surface area contributed by atoms with E-state index in [1.807, 2.05) is 0 Å². The summed E-state index contributed by atoms with van der Waals surface area (Å²) in [6, 6.07) is 4.29. The molecule has 1 fully saturated rings. The van der Waals surface area contributed by atoms with Crippen molar-refractivity contribution in [3.63, 3.8) is 0 Å².